The Hall–Kier alpha value is -8.78. The molecule has 374 valence electrons. The monoisotopic (exact) mass is 984 g/mol. The SMILES string of the molecule is CC.CC.Cc1ccc(-c2cccc(-c3ccc4c(c3)c3ccccc3n4-c3ccc(-c4ccccc4C4(C)c5ccccc5-c5ccccc54)cc3)c2)cc1.Cc1ccc(-c2ccccc2)cc1.Cc1ccccc1. The molecule has 0 unspecified atom stereocenters. The van der Waals surface area contributed by atoms with Gasteiger partial charge >= 0.3 is 0 Å². The summed E-state index contributed by atoms with van der Waals surface area (Å²) in [5.41, 5.74) is 23.9. The van der Waals surface area contributed by atoms with E-state index in [0.717, 1.165) is 5.69 Å². The number of rotatable bonds is 6. The summed E-state index contributed by atoms with van der Waals surface area (Å²) in [4.78, 5) is 0. The normalized spacial score (nSPS) is 11.5. The number of aromatic nitrogens is 1. The van der Waals surface area contributed by atoms with Crippen LogP contribution in [0.4, 0.5) is 0 Å². The third kappa shape index (κ3) is 10.7. The Labute approximate surface area is 452 Å². The molecule has 76 heavy (non-hydrogen) atoms. The van der Waals surface area contributed by atoms with Crippen LogP contribution >= 0.6 is 0 Å². The van der Waals surface area contributed by atoms with Crippen molar-refractivity contribution in [3.8, 4) is 61.3 Å². The standard InChI is InChI=1S/C51H37N.C13H12.C7H8.2C2H6/c1-34-22-24-35(25-23-34)37-12-11-13-38(32-37)39-28-31-50-45(33-39)44-17-6-10-21-49(44)52(50)40-29-26-36(27-30-40)41-14-3-7-18-46(41)51(2)47-19-8-4-15-42(47)43-16-5-9-20-48(43)51;1-11-7-9-13(10-8-11)12-5-3-2-4-6-12;1-7-5-3-2-4-6-7;2*1-2/h3-33H,1-2H3;2-10H,1H3;2-6H,1H3;2*1-2H3. The van der Waals surface area contributed by atoms with Gasteiger partial charge in [0.1, 0.15) is 0 Å². The molecule has 0 bridgehead atoms. The molecule has 11 aromatic carbocycles. The lowest BCUT2D eigenvalue weighted by atomic mass is 9.72. The van der Waals surface area contributed by atoms with Crippen LogP contribution in [-0.2, 0) is 5.41 Å². The van der Waals surface area contributed by atoms with Crippen LogP contribution in [0.25, 0.3) is 83.1 Å². The van der Waals surface area contributed by atoms with Gasteiger partial charge in [0.15, 0.2) is 0 Å². The van der Waals surface area contributed by atoms with Crippen molar-refractivity contribution >= 4 is 21.8 Å². The summed E-state index contributed by atoms with van der Waals surface area (Å²) in [5.74, 6) is 0. The summed E-state index contributed by atoms with van der Waals surface area (Å²) < 4.78 is 2.41. The molecule has 1 nitrogen and oxygen atoms in total. The van der Waals surface area contributed by atoms with E-state index >= 15 is 0 Å². The maximum absolute atomic E-state index is 2.41. The molecule has 1 heterocycles. The van der Waals surface area contributed by atoms with Crippen LogP contribution in [0.3, 0.4) is 0 Å². The van der Waals surface area contributed by atoms with Gasteiger partial charge in [-0.1, -0.05) is 281 Å². The Bertz CT molecular complexity index is 3760. The van der Waals surface area contributed by atoms with Crippen LogP contribution in [-0.4, -0.2) is 4.57 Å². The molecule has 1 aromatic heterocycles. The van der Waals surface area contributed by atoms with Gasteiger partial charge in [-0.05, 0) is 136 Å². The van der Waals surface area contributed by atoms with Crippen molar-refractivity contribution in [1.82, 2.24) is 4.57 Å². The van der Waals surface area contributed by atoms with Crippen LogP contribution in [0.5, 0.6) is 0 Å². The first-order valence-electron chi connectivity index (χ1n) is 27.1. The molecule has 0 saturated heterocycles. The lowest BCUT2D eigenvalue weighted by Gasteiger charge is -2.30. The van der Waals surface area contributed by atoms with E-state index in [1.165, 1.54) is 111 Å². The zero-order valence-electron chi connectivity index (χ0n) is 45.4. The maximum Gasteiger partial charge on any atom is 0.0541 e. The average molecular weight is 984 g/mol. The summed E-state index contributed by atoms with van der Waals surface area (Å²) >= 11 is 0. The van der Waals surface area contributed by atoms with Crippen molar-refractivity contribution in [1.29, 1.82) is 0 Å². The van der Waals surface area contributed by atoms with Crippen molar-refractivity contribution in [2.45, 2.75) is 60.8 Å². The highest BCUT2D eigenvalue weighted by molar-refractivity contribution is 6.10. The van der Waals surface area contributed by atoms with Crippen molar-refractivity contribution in [3.05, 3.63) is 306 Å². The Morgan fingerprint density at radius 3 is 1.18 bits per heavy atom. The van der Waals surface area contributed by atoms with Gasteiger partial charge in [0.2, 0.25) is 0 Å². The number of benzene rings is 11. The van der Waals surface area contributed by atoms with Crippen molar-refractivity contribution in [2.75, 3.05) is 0 Å². The Kier molecular flexibility index (Phi) is 16.5. The van der Waals surface area contributed by atoms with Crippen molar-refractivity contribution in [3.63, 3.8) is 0 Å². The molecule has 1 aliphatic rings. The highest BCUT2D eigenvalue weighted by Gasteiger charge is 2.41. The highest BCUT2D eigenvalue weighted by atomic mass is 15.0. The summed E-state index contributed by atoms with van der Waals surface area (Å²) in [7, 11) is 0. The number of aryl methyl sites for hydroxylation is 3. The largest absolute Gasteiger partial charge is 0.309 e. The zero-order chi connectivity index (χ0) is 53.0. The molecule has 0 radical (unpaired) electrons. The van der Waals surface area contributed by atoms with E-state index in [1.54, 1.807) is 0 Å². The first-order valence-corrected chi connectivity index (χ1v) is 27.1. The van der Waals surface area contributed by atoms with E-state index in [9.17, 15) is 0 Å². The van der Waals surface area contributed by atoms with Gasteiger partial charge in [-0.3, -0.25) is 0 Å². The van der Waals surface area contributed by atoms with Crippen molar-refractivity contribution < 1.29 is 0 Å². The van der Waals surface area contributed by atoms with E-state index in [4.69, 9.17) is 0 Å². The molecular formula is C75H69N. The first-order chi connectivity index (χ1) is 37.3. The zero-order valence-corrected chi connectivity index (χ0v) is 45.4. The van der Waals surface area contributed by atoms with Gasteiger partial charge in [0.05, 0.1) is 11.0 Å². The molecule has 0 fully saturated rings. The lowest BCUT2D eigenvalue weighted by Crippen LogP contribution is -2.23. The number of hydrogen-bond acceptors (Lipinski definition) is 0. The van der Waals surface area contributed by atoms with E-state index < -0.39 is 0 Å². The molecule has 1 heteroatoms. The maximum atomic E-state index is 2.41. The summed E-state index contributed by atoms with van der Waals surface area (Å²) in [6, 6.07) is 98.7. The minimum atomic E-state index is -0.257. The number of fused-ring (bicyclic) bond motifs is 6. The molecule has 0 aliphatic heterocycles. The van der Waals surface area contributed by atoms with Gasteiger partial charge in [0.25, 0.3) is 0 Å². The van der Waals surface area contributed by atoms with E-state index in [1.807, 2.05) is 52.0 Å². The minimum absolute atomic E-state index is 0.257. The Morgan fingerprint density at radius 1 is 0.263 bits per heavy atom. The third-order valence-electron chi connectivity index (χ3n) is 14.5. The quantitative estimate of drug-likeness (QED) is 0.156. The summed E-state index contributed by atoms with van der Waals surface area (Å²) in [5, 5.41) is 2.52. The molecule has 0 amide bonds. The molecule has 13 rings (SSSR count). The Morgan fingerprint density at radius 2 is 0.632 bits per heavy atom. The highest BCUT2D eigenvalue weighted by Crippen LogP contribution is 2.54. The predicted octanol–water partition coefficient (Wildman–Crippen LogP) is 21.1. The van der Waals surface area contributed by atoms with Gasteiger partial charge in [-0.2, -0.15) is 0 Å². The predicted molar refractivity (Wildman–Crippen MR) is 330 cm³/mol. The fourth-order valence-corrected chi connectivity index (χ4v) is 10.7. The minimum Gasteiger partial charge on any atom is -0.309 e. The molecule has 0 spiro atoms. The molecule has 0 atom stereocenters. The van der Waals surface area contributed by atoms with E-state index in [0.29, 0.717) is 0 Å². The van der Waals surface area contributed by atoms with Gasteiger partial charge in [-0.25, -0.2) is 0 Å². The molecule has 1 aliphatic carbocycles. The number of hydrogen-bond donors (Lipinski definition) is 0. The second kappa shape index (κ2) is 24.1. The molecule has 0 saturated carbocycles. The molecule has 0 N–H and O–H groups in total. The van der Waals surface area contributed by atoms with Crippen LogP contribution in [0.1, 0.15) is 68.0 Å². The summed E-state index contributed by atoms with van der Waals surface area (Å²) in [6.45, 7) is 16.7. The number of para-hydroxylation sites is 1. The van der Waals surface area contributed by atoms with Crippen LogP contribution in [0, 0.1) is 20.8 Å². The smallest absolute Gasteiger partial charge is 0.0541 e. The van der Waals surface area contributed by atoms with Gasteiger partial charge in [-0.15, -0.1) is 0 Å². The topological polar surface area (TPSA) is 4.93 Å². The number of nitrogens with zero attached hydrogens (tertiary/aromatic N) is 1. The summed E-state index contributed by atoms with van der Waals surface area (Å²) in [6.07, 6.45) is 0. The van der Waals surface area contributed by atoms with Gasteiger partial charge in [0, 0.05) is 21.9 Å². The lowest BCUT2D eigenvalue weighted by molar-refractivity contribution is 0.716. The first kappa shape index (κ1) is 52.1. The third-order valence-corrected chi connectivity index (χ3v) is 14.5. The Balaban J connectivity index is 0.000000243. The fourth-order valence-electron chi connectivity index (χ4n) is 10.7. The average Bonchev–Trinajstić information content (AvgIpc) is 3.99. The fraction of sp³-hybridized carbons (Fsp3) is 0.120. The molecule has 12 aromatic rings. The second-order valence-corrected chi connectivity index (χ2v) is 19.2. The van der Waals surface area contributed by atoms with Crippen LogP contribution in [0.2, 0.25) is 0 Å². The second-order valence-electron chi connectivity index (χ2n) is 19.2. The van der Waals surface area contributed by atoms with Gasteiger partial charge < -0.3 is 4.57 Å². The molecular weight excluding hydrogens is 915 g/mol. The van der Waals surface area contributed by atoms with E-state index in [-0.39, 0.29) is 5.41 Å². The van der Waals surface area contributed by atoms with Crippen LogP contribution in [0.15, 0.2) is 273 Å². The van der Waals surface area contributed by atoms with Crippen LogP contribution < -0.4 is 0 Å². The van der Waals surface area contributed by atoms with E-state index in [2.05, 4.69) is 281 Å². The van der Waals surface area contributed by atoms with Crippen molar-refractivity contribution in [2.24, 2.45) is 0 Å².